The Morgan fingerprint density at radius 3 is 2.94 bits per heavy atom. The molecule has 3 rings (SSSR count). The van der Waals surface area contributed by atoms with Crippen molar-refractivity contribution in [3.05, 3.63) is 12.3 Å². The number of aromatic nitrogens is 2. The fraction of sp³-hybridized carbons (Fsp3) is 0.692. The van der Waals surface area contributed by atoms with Gasteiger partial charge in [-0.25, -0.2) is 4.98 Å². The average Bonchev–Trinajstić information content (AvgIpc) is 3.03. The highest BCUT2D eigenvalue weighted by Crippen LogP contribution is 2.23. The van der Waals surface area contributed by atoms with Crippen molar-refractivity contribution in [2.75, 3.05) is 18.4 Å². The van der Waals surface area contributed by atoms with Gasteiger partial charge in [-0.2, -0.15) is 4.98 Å². The molecule has 1 aliphatic carbocycles. The van der Waals surface area contributed by atoms with E-state index in [9.17, 15) is 0 Å². The molecule has 2 aliphatic rings. The Bertz CT molecular complexity index is 353. The van der Waals surface area contributed by atoms with Gasteiger partial charge in [-0.1, -0.05) is 0 Å². The van der Waals surface area contributed by atoms with Gasteiger partial charge in [0.05, 0.1) is 0 Å². The number of hydrogen-bond donors (Lipinski definition) is 2. The summed E-state index contributed by atoms with van der Waals surface area (Å²) in [4.78, 5) is 8.67. The fourth-order valence-corrected chi connectivity index (χ4v) is 2.61. The van der Waals surface area contributed by atoms with E-state index in [0.29, 0.717) is 24.0 Å². The standard InChI is InChI=1S/C13H20N4O/c1-2-4-11(3-1)18-12-6-8-15-13(17-12)16-10-5-7-14-9-10/h6,8,10-11,14H,1-5,7,9H2,(H,15,16,17). The summed E-state index contributed by atoms with van der Waals surface area (Å²) in [5.74, 6) is 1.38. The van der Waals surface area contributed by atoms with Crippen LogP contribution in [0, 0.1) is 0 Å². The number of ether oxygens (including phenoxy) is 1. The lowest BCUT2D eigenvalue weighted by Crippen LogP contribution is -2.23. The molecule has 18 heavy (non-hydrogen) atoms. The molecule has 0 radical (unpaired) electrons. The third-order valence-corrected chi connectivity index (χ3v) is 3.61. The van der Waals surface area contributed by atoms with Gasteiger partial charge in [0.25, 0.3) is 0 Å². The first-order valence-electron chi connectivity index (χ1n) is 6.87. The van der Waals surface area contributed by atoms with E-state index in [1.54, 1.807) is 6.20 Å². The van der Waals surface area contributed by atoms with Gasteiger partial charge in [-0.05, 0) is 38.6 Å². The molecule has 1 atom stereocenters. The zero-order valence-corrected chi connectivity index (χ0v) is 10.6. The van der Waals surface area contributed by atoms with E-state index in [1.807, 2.05) is 6.07 Å². The van der Waals surface area contributed by atoms with E-state index in [0.717, 1.165) is 32.4 Å². The molecular formula is C13H20N4O. The van der Waals surface area contributed by atoms with Gasteiger partial charge in [-0.3, -0.25) is 0 Å². The van der Waals surface area contributed by atoms with Crippen LogP contribution in [0.3, 0.4) is 0 Å². The lowest BCUT2D eigenvalue weighted by atomic mass is 10.3. The average molecular weight is 248 g/mol. The summed E-state index contributed by atoms with van der Waals surface area (Å²) in [5.41, 5.74) is 0. The molecule has 1 aliphatic heterocycles. The van der Waals surface area contributed by atoms with Gasteiger partial charge >= 0.3 is 0 Å². The van der Waals surface area contributed by atoms with Crippen LogP contribution in [0.4, 0.5) is 5.95 Å². The van der Waals surface area contributed by atoms with Crippen LogP contribution < -0.4 is 15.4 Å². The minimum atomic E-state index is 0.348. The SMILES string of the molecule is c1cc(OC2CCCC2)nc(NC2CCNC2)n1. The van der Waals surface area contributed by atoms with Gasteiger partial charge in [0, 0.05) is 24.8 Å². The van der Waals surface area contributed by atoms with Gasteiger partial charge in [0.15, 0.2) is 0 Å². The molecule has 1 saturated carbocycles. The number of nitrogens with one attached hydrogen (secondary N) is 2. The molecule has 1 aromatic rings. The van der Waals surface area contributed by atoms with Crippen molar-refractivity contribution in [3.8, 4) is 5.88 Å². The molecule has 1 unspecified atom stereocenters. The molecule has 0 aromatic carbocycles. The third-order valence-electron chi connectivity index (χ3n) is 3.61. The van der Waals surface area contributed by atoms with Gasteiger partial charge in [0.1, 0.15) is 6.10 Å². The van der Waals surface area contributed by atoms with Crippen LogP contribution in [-0.2, 0) is 0 Å². The Balaban J connectivity index is 1.60. The fourth-order valence-electron chi connectivity index (χ4n) is 2.61. The molecule has 2 heterocycles. The normalized spacial score (nSPS) is 24.3. The Morgan fingerprint density at radius 1 is 1.28 bits per heavy atom. The van der Waals surface area contributed by atoms with Gasteiger partial charge < -0.3 is 15.4 Å². The molecule has 5 nitrogen and oxygen atoms in total. The number of rotatable bonds is 4. The highest BCUT2D eigenvalue weighted by molar-refractivity contribution is 5.29. The molecule has 1 saturated heterocycles. The molecule has 98 valence electrons. The van der Waals surface area contributed by atoms with Crippen LogP contribution in [0.15, 0.2) is 12.3 Å². The molecule has 0 amide bonds. The second-order valence-electron chi connectivity index (χ2n) is 5.08. The number of anilines is 1. The maximum absolute atomic E-state index is 5.87. The van der Waals surface area contributed by atoms with Crippen molar-refractivity contribution in [2.24, 2.45) is 0 Å². The van der Waals surface area contributed by atoms with E-state index in [2.05, 4.69) is 20.6 Å². The summed E-state index contributed by atoms with van der Waals surface area (Å²) < 4.78 is 5.87. The first kappa shape index (κ1) is 11.7. The van der Waals surface area contributed by atoms with Crippen LogP contribution in [0.2, 0.25) is 0 Å². The van der Waals surface area contributed by atoms with Crippen molar-refractivity contribution in [1.29, 1.82) is 0 Å². The van der Waals surface area contributed by atoms with Crippen molar-refractivity contribution in [2.45, 2.75) is 44.2 Å². The zero-order chi connectivity index (χ0) is 12.2. The van der Waals surface area contributed by atoms with Crippen LogP contribution in [0.1, 0.15) is 32.1 Å². The van der Waals surface area contributed by atoms with E-state index in [-0.39, 0.29) is 0 Å². The topological polar surface area (TPSA) is 59.1 Å². The van der Waals surface area contributed by atoms with Crippen LogP contribution in [0.25, 0.3) is 0 Å². The summed E-state index contributed by atoms with van der Waals surface area (Å²) in [6.45, 7) is 2.05. The number of hydrogen-bond acceptors (Lipinski definition) is 5. The second-order valence-corrected chi connectivity index (χ2v) is 5.08. The van der Waals surface area contributed by atoms with E-state index in [4.69, 9.17) is 4.74 Å². The molecular weight excluding hydrogens is 228 g/mol. The van der Waals surface area contributed by atoms with E-state index >= 15 is 0 Å². The summed E-state index contributed by atoms with van der Waals surface area (Å²) in [5, 5.41) is 6.66. The monoisotopic (exact) mass is 248 g/mol. The predicted molar refractivity (Wildman–Crippen MR) is 69.8 cm³/mol. The maximum Gasteiger partial charge on any atom is 0.226 e. The summed E-state index contributed by atoms with van der Waals surface area (Å²) in [6, 6.07) is 2.28. The zero-order valence-electron chi connectivity index (χ0n) is 10.6. The Hall–Kier alpha value is -1.36. The third kappa shape index (κ3) is 2.90. The Labute approximate surface area is 107 Å². The molecule has 0 spiro atoms. The summed E-state index contributed by atoms with van der Waals surface area (Å²) in [6.07, 6.45) is 8.09. The maximum atomic E-state index is 5.87. The van der Waals surface area contributed by atoms with Gasteiger partial charge in [-0.15, -0.1) is 0 Å². The van der Waals surface area contributed by atoms with Crippen LogP contribution in [0.5, 0.6) is 5.88 Å². The number of nitrogens with zero attached hydrogens (tertiary/aromatic N) is 2. The lowest BCUT2D eigenvalue weighted by molar-refractivity contribution is 0.201. The second kappa shape index (κ2) is 5.52. The van der Waals surface area contributed by atoms with E-state index in [1.165, 1.54) is 12.8 Å². The Kier molecular flexibility index (Phi) is 3.59. The van der Waals surface area contributed by atoms with Crippen molar-refractivity contribution >= 4 is 5.95 Å². The highest BCUT2D eigenvalue weighted by Gasteiger charge is 2.18. The molecule has 2 N–H and O–H groups in total. The minimum absolute atomic E-state index is 0.348. The lowest BCUT2D eigenvalue weighted by Gasteiger charge is -2.14. The van der Waals surface area contributed by atoms with Crippen LogP contribution in [-0.4, -0.2) is 35.2 Å². The molecule has 1 aromatic heterocycles. The molecule has 0 bridgehead atoms. The molecule has 2 fully saturated rings. The van der Waals surface area contributed by atoms with Crippen molar-refractivity contribution in [1.82, 2.24) is 15.3 Å². The first-order valence-corrected chi connectivity index (χ1v) is 6.87. The smallest absolute Gasteiger partial charge is 0.226 e. The van der Waals surface area contributed by atoms with Crippen molar-refractivity contribution < 1.29 is 4.74 Å². The summed E-state index contributed by atoms with van der Waals surface area (Å²) in [7, 11) is 0. The van der Waals surface area contributed by atoms with E-state index < -0.39 is 0 Å². The predicted octanol–water partition coefficient (Wildman–Crippen LogP) is 1.57. The van der Waals surface area contributed by atoms with Gasteiger partial charge in [0.2, 0.25) is 11.8 Å². The Morgan fingerprint density at radius 2 is 2.17 bits per heavy atom. The minimum Gasteiger partial charge on any atom is -0.474 e. The van der Waals surface area contributed by atoms with Crippen LogP contribution >= 0.6 is 0 Å². The largest absolute Gasteiger partial charge is 0.474 e. The highest BCUT2D eigenvalue weighted by atomic mass is 16.5. The quantitative estimate of drug-likeness (QED) is 0.847. The molecule has 5 heteroatoms. The van der Waals surface area contributed by atoms with Crippen molar-refractivity contribution in [3.63, 3.8) is 0 Å². The summed E-state index contributed by atoms with van der Waals surface area (Å²) >= 11 is 0. The first-order chi connectivity index (χ1) is 8.90.